The Bertz CT molecular complexity index is 618. The number of nitrogens with one attached hydrogen (secondary N) is 1. The molecule has 1 aromatic carbocycles. The highest BCUT2D eigenvalue weighted by molar-refractivity contribution is 6.00. The van der Waals surface area contributed by atoms with E-state index in [1.807, 2.05) is 25.1 Å². The van der Waals surface area contributed by atoms with Crippen LogP contribution in [0.3, 0.4) is 0 Å². The van der Waals surface area contributed by atoms with Crippen LogP contribution in [0.1, 0.15) is 25.7 Å². The second-order valence-corrected chi connectivity index (χ2v) is 5.68. The van der Waals surface area contributed by atoms with Crippen molar-refractivity contribution in [1.82, 2.24) is 4.98 Å². The fraction of sp³-hybridized carbons (Fsp3) is 0.438. The van der Waals surface area contributed by atoms with Crippen molar-refractivity contribution in [3.8, 4) is 0 Å². The predicted molar refractivity (Wildman–Crippen MR) is 81.9 cm³/mol. The lowest BCUT2D eigenvalue weighted by Gasteiger charge is -2.19. The van der Waals surface area contributed by atoms with E-state index >= 15 is 0 Å². The molecule has 20 heavy (non-hydrogen) atoms. The molecule has 2 aromatic rings. The van der Waals surface area contributed by atoms with Crippen LogP contribution in [0.2, 0.25) is 0 Å². The molecule has 4 heteroatoms. The van der Waals surface area contributed by atoms with E-state index in [4.69, 9.17) is 0 Å². The topological polar surface area (TPSA) is 28.2 Å². The maximum atomic E-state index is 14.3. The Labute approximate surface area is 118 Å². The van der Waals surface area contributed by atoms with Crippen molar-refractivity contribution in [1.29, 1.82) is 0 Å². The molecule has 0 bridgehead atoms. The summed E-state index contributed by atoms with van der Waals surface area (Å²) in [6, 6.07) is 5.64. The van der Waals surface area contributed by atoms with Gasteiger partial charge in [-0.05, 0) is 18.9 Å². The van der Waals surface area contributed by atoms with E-state index in [-0.39, 0.29) is 5.82 Å². The van der Waals surface area contributed by atoms with Gasteiger partial charge in [-0.15, -0.1) is 0 Å². The zero-order chi connectivity index (χ0) is 14.1. The summed E-state index contributed by atoms with van der Waals surface area (Å²) in [4.78, 5) is 6.40. The zero-order valence-electron chi connectivity index (χ0n) is 12.0. The molecule has 0 amide bonds. The van der Waals surface area contributed by atoms with Crippen molar-refractivity contribution in [2.75, 3.05) is 24.3 Å². The Kier molecular flexibility index (Phi) is 3.47. The lowest BCUT2D eigenvalue weighted by molar-refractivity contribution is 0.639. The summed E-state index contributed by atoms with van der Waals surface area (Å²) in [7, 11) is 3.85. The molecule has 1 aromatic heterocycles. The number of hydrogen-bond donors (Lipinski definition) is 1. The molecule has 0 spiro atoms. The van der Waals surface area contributed by atoms with E-state index in [9.17, 15) is 4.39 Å². The van der Waals surface area contributed by atoms with Crippen LogP contribution in [-0.4, -0.2) is 25.1 Å². The number of aromatic nitrogens is 1. The van der Waals surface area contributed by atoms with Crippen molar-refractivity contribution in [3.63, 3.8) is 0 Å². The first kappa shape index (κ1) is 13.2. The van der Waals surface area contributed by atoms with Crippen LogP contribution in [0.4, 0.5) is 15.9 Å². The highest BCUT2D eigenvalue weighted by Crippen LogP contribution is 2.33. The second kappa shape index (κ2) is 5.27. The van der Waals surface area contributed by atoms with Crippen LogP contribution >= 0.6 is 0 Å². The van der Waals surface area contributed by atoms with Crippen molar-refractivity contribution in [3.05, 3.63) is 30.2 Å². The van der Waals surface area contributed by atoms with Crippen molar-refractivity contribution < 1.29 is 4.39 Å². The number of pyridine rings is 1. The molecule has 1 aliphatic rings. The van der Waals surface area contributed by atoms with Crippen molar-refractivity contribution in [2.45, 2.75) is 31.7 Å². The number of nitrogens with zero attached hydrogens (tertiary/aromatic N) is 2. The minimum atomic E-state index is -0.187. The van der Waals surface area contributed by atoms with Gasteiger partial charge in [0.1, 0.15) is 11.6 Å². The first-order valence-corrected chi connectivity index (χ1v) is 7.18. The Balaban J connectivity index is 2.10. The Morgan fingerprint density at radius 1 is 1.25 bits per heavy atom. The standard InChI is InChI=1S/C16H20FN3/c1-20(2)16-12-8-5-9-13(17)15(12)14(10-18-16)19-11-6-3-4-7-11/h5,8-11,19H,3-4,6-7H2,1-2H3. The van der Waals surface area contributed by atoms with Gasteiger partial charge in [0.05, 0.1) is 11.9 Å². The molecule has 1 saturated carbocycles. The molecule has 1 heterocycles. The van der Waals surface area contributed by atoms with Gasteiger partial charge in [0.25, 0.3) is 0 Å². The maximum absolute atomic E-state index is 14.3. The molecule has 3 rings (SSSR count). The third-order valence-corrected chi connectivity index (χ3v) is 3.98. The minimum absolute atomic E-state index is 0.187. The minimum Gasteiger partial charge on any atom is -0.380 e. The van der Waals surface area contributed by atoms with E-state index < -0.39 is 0 Å². The molecule has 0 radical (unpaired) electrons. The number of anilines is 2. The first-order valence-electron chi connectivity index (χ1n) is 7.18. The molecule has 0 aliphatic heterocycles. The average Bonchev–Trinajstić information content (AvgIpc) is 2.91. The molecular formula is C16H20FN3. The summed E-state index contributed by atoms with van der Waals surface area (Å²) in [6.45, 7) is 0. The Hall–Kier alpha value is -1.84. The quantitative estimate of drug-likeness (QED) is 0.922. The van der Waals surface area contributed by atoms with Crippen LogP contribution in [-0.2, 0) is 0 Å². The molecule has 1 fully saturated rings. The highest BCUT2D eigenvalue weighted by Gasteiger charge is 2.18. The number of rotatable bonds is 3. The number of benzene rings is 1. The van der Waals surface area contributed by atoms with Gasteiger partial charge in [-0.25, -0.2) is 9.37 Å². The summed E-state index contributed by atoms with van der Waals surface area (Å²) in [6.07, 6.45) is 6.58. The molecule has 0 atom stereocenters. The monoisotopic (exact) mass is 273 g/mol. The van der Waals surface area contributed by atoms with Crippen LogP contribution in [0, 0.1) is 5.82 Å². The molecule has 106 valence electrons. The van der Waals surface area contributed by atoms with E-state index in [0.29, 0.717) is 11.4 Å². The maximum Gasteiger partial charge on any atom is 0.136 e. The average molecular weight is 273 g/mol. The van der Waals surface area contributed by atoms with Gasteiger partial charge in [0.2, 0.25) is 0 Å². The fourth-order valence-corrected chi connectivity index (χ4v) is 3.00. The van der Waals surface area contributed by atoms with E-state index in [0.717, 1.165) is 29.7 Å². The molecule has 0 unspecified atom stereocenters. The first-order chi connectivity index (χ1) is 9.66. The summed E-state index contributed by atoms with van der Waals surface area (Å²) in [5.74, 6) is 0.616. The fourth-order valence-electron chi connectivity index (χ4n) is 3.00. The van der Waals surface area contributed by atoms with Crippen LogP contribution in [0.5, 0.6) is 0 Å². The van der Waals surface area contributed by atoms with Gasteiger partial charge in [-0.2, -0.15) is 0 Å². The molecule has 1 N–H and O–H groups in total. The van der Waals surface area contributed by atoms with E-state index in [1.54, 1.807) is 12.3 Å². The summed E-state index contributed by atoms with van der Waals surface area (Å²) < 4.78 is 14.3. The number of halogens is 1. The lowest BCUT2D eigenvalue weighted by Crippen LogP contribution is -2.16. The van der Waals surface area contributed by atoms with Gasteiger partial charge in [-0.3, -0.25) is 0 Å². The molecular weight excluding hydrogens is 253 g/mol. The van der Waals surface area contributed by atoms with Gasteiger partial charge < -0.3 is 10.2 Å². The third kappa shape index (κ3) is 2.30. The number of fused-ring (bicyclic) bond motifs is 1. The molecule has 1 aliphatic carbocycles. The van der Waals surface area contributed by atoms with Gasteiger partial charge in [0, 0.05) is 30.9 Å². The zero-order valence-corrected chi connectivity index (χ0v) is 12.0. The largest absolute Gasteiger partial charge is 0.380 e. The Morgan fingerprint density at radius 2 is 2.00 bits per heavy atom. The summed E-state index contributed by atoms with van der Waals surface area (Å²) in [5, 5.41) is 4.98. The van der Waals surface area contributed by atoms with Crippen LogP contribution in [0.25, 0.3) is 10.8 Å². The van der Waals surface area contributed by atoms with E-state index in [2.05, 4.69) is 10.3 Å². The lowest BCUT2D eigenvalue weighted by atomic mass is 10.1. The van der Waals surface area contributed by atoms with Crippen LogP contribution < -0.4 is 10.2 Å². The smallest absolute Gasteiger partial charge is 0.136 e. The normalized spacial score (nSPS) is 15.8. The van der Waals surface area contributed by atoms with E-state index in [1.165, 1.54) is 18.9 Å². The van der Waals surface area contributed by atoms with Gasteiger partial charge in [0.15, 0.2) is 0 Å². The number of hydrogen-bond acceptors (Lipinski definition) is 3. The van der Waals surface area contributed by atoms with Gasteiger partial charge in [-0.1, -0.05) is 25.0 Å². The third-order valence-electron chi connectivity index (χ3n) is 3.98. The summed E-state index contributed by atoms with van der Waals surface area (Å²) >= 11 is 0. The SMILES string of the molecule is CN(C)c1ncc(NC2CCCC2)c2c(F)cccc12. The Morgan fingerprint density at radius 3 is 2.70 bits per heavy atom. The summed E-state index contributed by atoms with van der Waals surface area (Å²) in [5.41, 5.74) is 0.815. The van der Waals surface area contributed by atoms with Gasteiger partial charge >= 0.3 is 0 Å². The van der Waals surface area contributed by atoms with Crippen molar-refractivity contribution >= 4 is 22.3 Å². The van der Waals surface area contributed by atoms with Crippen molar-refractivity contribution in [2.24, 2.45) is 0 Å². The van der Waals surface area contributed by atoms with Crippen LogP contribution in [0.15, 0.2) is 24.4 Å². The molecule has 3 nitrogen and oxygen atoms in total. The molecule has 0 saturated heterocycles. The second-order valence-electron chi connectivity index (χ2n) is 5.68. The highest BCUT2D eigenvalue weighted by atomic mass is 19.1. The predicted octanol–water partition coefficient (Wildman–Crippen LogP) is 3.79.